The van der Waals surface area contributed by atoms with E-state index in [1.807, 2.05) is 0 Å². The molecule has 0 rings (SSSR count). The Labute approximate surface area is 80.7 Å². The molecule has 0 spiro atoms. The molecule has 0 fully saturated rings. The third kappa shape index (κ3) is 8.82. The molecule has 30 valence electrons. The summed E-state index contributed by atoms with van der Waals surface area (Å²) in [7, 11) is 0. The molecule has 0 aromatic carbocycles. The van der Waals surface area contributed by atoms with Crippen LogP contribution in [0.5, 0.6) is 0 Å². The van der Waals surface area contributed by atoms with E-state index in [4.69, 9.17) is 0 Å². The van der Waals surface area contributed by atoms with Crippen LogP contribution in [0.4, 0.5) is 0 Å². The van der Waals surface area contributed by atoms with E-state index in [1.165, 1.54) is 0 Å². The van der Waals surface area contributed by atoms with Crippen molar-refractivity contribution in [1.29, 1.82) is 0 Å². The number of rotatable bonds is 0. The molecule has 0 saturated heterocycles. The van der Waals surface area contributed by atoms with Gasteiger partial charge < -0.3 is 0 Å². The van der Waals surface area contributed by atoms with Gasteiger partial charge in [0.15, 0.2) is 0 Å². The van der Waals surface area contributed by atoms with Gasteiger partial charge in [-0.05, 0) is 0 Å². The van der Waals surface area contributed by atoms with Gasteiger partial charge in [0, 0.05) is 81.9 Å². The summed E-state index contributed by atoms with van der Waals surface area (Å²) in [6, 6.07) is 0. The van der Waals surface area contributed by atoms with Gasteiger partial charge in [-0.2, -0.15) is 0 Å². The molecule has 4 heavy (non-hydrogen) atoms. The fourth-order valence-corrected chi connectivity index (χ4v) is 0. The Bertz CT molecular complexity index is 8.00. The molecular formula is CuNiSbSn. The van der Waals surface area contributed by atoms with Crippen LogP contribution in [-0.4, -0.2) is 48.3 Å². The Kier molecular flexibility index (Phi) is 133. The zero-order chi connectivity index (χ0) is 0. The van der Waals surface area contributed by atoms with Crippen LogP contribution in [0.1, 0.15) is 0 Å². The molecule has 4 heteroatoms. The molecule has 0 nitrogen and oxygen atoms in total. The zero-order valence-electron chi connectivity index (χ0n) is 1.56. The summed E-state index contributed by atoms with van der Waals surface area (Å²) < 4.78 is 0. The quantitative estimate of drug-likeness (QED) is 0.497. The Morgan fingerprint density at radius 3 is 1.00 bits per heavy atom. The first-order chi connectivity index (χ1) is 0. The molecule has 0 aliphatic rings. The fraction of sp³-hybridized carbons (Fsp3) is 0. The van der Waals surface area contributed by atoms with E-state index in [0.29, 0.717) is 0 Å². The molecule has 0 amide bonds. The van der Waals surface area contributed by atoms with Gasteiger partial charge in [-0.15, -0.1) is 0 Å². The Hall–Kier alpha value is 2.63. The van der Waals surface area contributed by atoms with Crippen molar-refractivity contribution in [2.24, 2.45) is 0 Å². The van der Waals surface area contributed by atoms with Crippen LogP contribution in [0.25, 0.3) is 0 Å². The van der Waals surface area contributed by atoms with Crippen LogP contribution in [0.3, 0.4) is 0 Å². The van der Waals surface area contributed by atoms with E-state index >= 15 is 0 Å². The first kappa shape index (κ1) is 30.4. The predicted octanol–water partition coefficient (Wildman–Crippen LogP) is -0.767. The summed E-state index contributed by atoms with van der Waals surface area (Å²) >= 11 is 0. The SMILES string of the molecule is [Cu].[Ni].[Sb].[Sn]. The van der Waals surface area contributed by atoms with Crippen LogP contribution < -0.4 is 0 Å². The van der Waals surface area contributed by atoms with Gasteiger partial charge in [0.25, 0.3) is 0 Å². The second kappa shape index (κ2) is 17.4. The third-order valence-corrected chi connectivity index (χ3v) is 0. The van der Waals surface area contributed by atoms with Crippen molar-refractivity contribution in [3.8, 4) is 0 Å². The molecule has 0 saturated carbocycles. The minimum atomic E-state index is 0. The topological polar surface area (TPSA) is 0 Å². The predicted molar refractivity (Wildman–Crippen MR) is 11.5 cm³/mol. The smallest absolute Gasteiger partial charge is 0 e. The third-order valence-electron chi connectivity index (χ3n) is 0. The average molecular weight is 363 g/mol. The van der Waals surface area contributed by atoms with Gasteiger partial charge in [0.2, 0.25) is 0 Å². The number of hydrogen-bond acceptors (Lipinski definition) is 0. The average Bonchev–Trinajstić information content (AvgIpc) is 0. The van der Waals surface area contributed by atoms with Crippen molar-refractivity contribution in [2.75, 3.05) is 0 Å². The normalized spacial score (nSPS) is 0. The van der Waals surface area contributed by atoms with Gasteiger partial charge in [0.1, 0.15) is 0 Å². The van der Waals surface area contributed by atoms with E-state index in [0.717, 1.165) is 0 Å². The molecule has 0 aliphatic carbocycles. The molecule has 0 heterocycles. The molecule has 0 aliphatic heterocycles. The van der Waals surface area contributed by atoms with Gasteiger partial charge in [-0.3, -0.25) is 0 Å². The summed E-state index contributed by atoms with van der Waals surface area (Å²) in [6.07, 6.45) is 0. The summed E-state index contributed by atoms with van der Waals surface area (Å²) in [5, 5.41) is 0. The molecule has 0 aromatic rings. The van der Waals surface area contributed by atoms with Crippen molar-refractivity contribution in [1.82, 2.24) is 0 Å². The largest absolute Gasteiger partial charge is 0 e. The van der Waals surface area contributed by atoms with Crippen molar-refractivity contribution >= 4 is 48.3 Å². The maximum absolute atomic E-state index is 0. The molecule has 0 atom stereocenters. The van der Waals surface area contributed by atoms with Crippen LogP contribution in [0.15, 0.2) is 0 Å². The molecular weight excluding hydrogens is 363 g/mol. The van der Waals surface area contributed by atoms with Crippen LogP contribution in [-0.2, 0) is 33.6 Å². The van der Waals surface area contributed by atoms with Crippen LogP contribution in [0, 0.1) is 0 Å². The number of hydrogen-bond donors (Lipinski definition) is 0. The molecule has 0 N–H and O–H groups in total. The maximum atomic E-state index is 0. The van der Waals surface area contributed by atoms with Gasteiger partial charge in [-0.1, -0.05) is 0 Å². The van der Waals surface area contributed by atoms with E-state index in [-0.39, 0.29) is 81.9 Å². The Morgan fingerprint density at radius 2 is 1.00 bits per heavy atom. The summed E-state index contributed by atoms with van der Waals surface area (Å²) in [5.74, 6) is 0. The second-order valence-electron chi connectivity index (χ2n) is 0. The first-order valence-corrected chi connectivity index (χ1v) is 0. The Morgan fingerprint density at radius 1 is 1.00 bits per heavy atom. The monoisotopic (exact) mass is 362 g/mol. The van der Waals surface area contributed by atoms with E-state index in [2.05, 4.69) is 0 Å². The van der Waals surface area contributed by atoms with E-state index < -0.39 is 0 Å². The van der Waals surface area contributed by atoms with Gasteiger partial charge in [-0.25, -0.2) is 0 Å². The second-order valence-corrected chi connectivity index (χ2v) is 0. The minimum Gasteiger partial charge on any atom is 0 e. The summed E-state index contributed by atoms with van der Waals surface area (Å²) in [6.45, 7) is 0. The van der Waals surface area contributed by atoms with Gasteiger partial charge >= 0.3 is 0 Å². The minimum absolute atomic E-state index is 0. The van der Waals surface area contributed by atoms with Crippen molar-refractivity contribution in [3.05, 3.63) is 0 Å². The van der Waals surface area contributed by atoms with E-state index in [9.17, 15) is 0 Å². The summed E-state index contributed by atoms with van der Waals surface area (Å²) in [4.78, 5) is 0. The summed E-state index contributed by atoms with van der Waals surface area (Å²) in [5.41, 5.74) is 0. The fourth-order valence-electron chi connectivity index (χ4n) is 0. The maximum Gasteiger partial charge on any atom is 0 e. The Balaban J connectivity index is 0. The van der Waals surface area contributed by atoms with E-state index in [1.54, 1.807) is 0 Å². The van der Waals surface area contributed by atoms with Crippen LogP contribution in [0.2, 0.25) is 0 Å². The standard InChI is InChI=1S/Cu.Ni.Sb.Sn. The zero-order valence-corrected chi connectivity index (χ0v) is 8.90. The molecule has 0 unspecified atom stereocenters. The van der Waals surface area contributed by atoms with Gasteiger partial charge in [0.05, 0.1) is 0 Å². The molecule has 0 aromatic heterocycles. The molecule has 8 radical (unpaired) electrons. The van der Waals surface area contributed by atoms with Crippen LogP contribution >= 0.6 is 0 Å². The van der Waals surface area contributed by atoms with Crippen molar-refractivity contribution in [3.63, 3.8) is 0 Å². The van der Waals surface area contributed by atoms with Crippen molar-refractivity contribution < 1.29 is 33.6 Å². The van der Waals surface area contributed by atoms with Crippen molar-refractivity contribution in [2.45, 2.75) is 0 Å². The molecule has 0 bridgehead atoms. The first-order valence-electron chi connectivity index (χ1n) is 0.